The third-order valence-corrected chi connectivity index (χ3v) is 0.493. The maximum absolute atomic E-state index is 4.60. The van der Waals surface area contributed by atoms with E-state index in [9.17, 15) is 0 Å². The standard InChI is InChI=1S/C5H10.C3H4/c1-3-5-4-2;1-3-2/h3H,1,4-5H2,2H3;1H,2H3. The zero-order chi connectivity index (χ0) is 6.83. The molecule has 0 unspecified atom stereocenters. The van der Waals surface area contributed by atoms with Gasteiger partial charge < -0.3 is 0 Å². The number of terminal acetylenes is 1. The molecular weight excluding hydrogens is 96.1 g/mol. The quantitative estimate of drug-likeness (QED) is 0.378. The largest absolute Gasteiger partial charge is 0.120 e. The predicted molar refractivity (Wildman–Crippen MR) is 39.6 cm³/mol. The summed E-state index contributed by atoms with van der Waals surface area (Å²) < 4.78 is 0. The van der Waals surface area contributed by atoms with Crippen molar-refractivity contribution in [3.05, 3.63) is 12.7 Å². The molecular formula is C8H14. The predicted octanol–water partition coefficient (Wildman–Crippen LogP) is 2.61. The van der Waals surface area contributed by atoms with Gasteiger partial charge in [0.1, 0.15) is 0 Å². The number of unbranched alkanes of at least 4 members (excludes halogenated alkanes) is 1. The second kappa shape index (κ2) is 16.3. The summed E-state index contributed by atoms with van der Waals surface area (Å²) in [6.45, 7) is 7.34. The van der Waals surface area contributed by atoms with Gasteiger partial charge in [0.15, 0.2) is 0 Å². The van der Waals surface area contributed by atoms with Crippen LogP contribution in [0.15, 0.2) is 12.7 Å². The van der Waals surface area contributed by atoms with Gasteiger partial charge in [0.2, 0.25) is 0 Å². The zero-order valence-corrected chi connectivity index (χ0v) is 5.78. The first-order chi connectivity index (χ1) is 3.83. The van der Waals surface area contributed by atoms with Crippen molar-refractivity contribution in [3.63, 3.8) is 0 Å². The lowest BCUT2D eigenvalue weighted by Gasteiger charge is -1.72. The Morgan fingerprint density at radius 2 is 2.12 bits per heavy atom. The van der Waals surface area contributed by atoms with Gasteiger partial charge in [-0.05, 0) is 13.3 Å². The highest BCUT2D eigenvalue weighted by Gasteiger charge is 1.61. The minimum atomic E-state index is 1.15. The summed E-state index contributed by atoms with van der Waals surface area (Å²) in [5.74, 6) is 2.25. The molecule has 0 bridgehead atoms. The molecule has 0 heterocycles. The topological polar surface area (TPSA) is 0 Å². The Morgan fingerprint density at radius 1 is 1.75 bits per heavy atom. The number of hydrogen-bond donors (Lipinski definition) is 0. The molecule has 0 amide bonds. The van der Waals surface area contributed by atoms with Crippen LogP contribution >= 0.6 is 0 Å². The highest BCUT2D eigenvalue weighted by Crippen LogP contribution is 1.82. The van der Waals surface area contributed by atoms with Crippen molar-refractivity contribution in [2.45, 2.75) is 26.7 Å². The Hall–Kier alpha value is -0.700. The number of rotatable bonds is 2. The summed E-state index contributed by atoms with van der Waals surface area (Å²) >= 11 is 0. The summed E-state index contributed by atoms with van der Waals surface area (Å²) in [6, 6.07) is 0. The number of allylic oxidation sites excluding steroid dienone is 1. The van der Waals surface area contributed by atoms with E-state index in [1.165, 1.54) is 6.42 Å². The van der Waals surface area contributed by atoms with E-state index in [-0.39, 0.29) is 0 Å². The molecule has 0 rings (SSSR count). The average molecular weight is 110 g/mol. The van der Waals surface area contributed by atoms with E-state index < -0.39 is 0 Å². The van der Waals surface area contributed by atoms with Crippen LogP contribution in [-0.2, 0) is 0 Å². The van der Waals surface area contributed by atoms with Crippen LogP contribution in [0.2, 0.25) is 0 Å². The molecule has 0 saturated carbocycles. The Kier molecular flexibility index (Phi) is 21.0. The molecule has 0 aliphatic rings. The third-order valence-electron chi connectivity index (χ3n) is 0.493. The van der Waals surface area contributed by atoms with Crippen LogP contribution in [-0.4, -0.2) is 0 Å². The molecule has 0 nitrogen and oxygen atoms in total. The molecule has 0 spiro atoms. The van der Waals surface area contributed by atoms with Crippen molar-refractivity contribution in [1.29, 1.82) is 0 Å². The van der Waals surface area contributed by atoms with Crippen molar-refractivity contribution in [1.82, 2.24) is 0 Å². The molecule has 0 aromatic rings. The monoisotopic (exact) mass is 110 g/mol. The normalized spacial score (nSPS) is 5.62. The van der Waals surface area contributed by atoms with Crippen LogP contribution < -0.4 is 0 Å². The van der Waals surface area contributed by atoms with Gasteiger partial charge in [-0.2, -0.15) is 0 Å². The molecule has 8 heavy (non-hydrogen) atoms. The summed E-state index contributed by atoms with van der Waals surface area (Å²) in [5.41, 5.74) is 0. The van der Waals surface area contributed by atoms with Gasteiger partial charge in [-0.3, -0.25) is 0 Å². The van der Waals surface area contributed by atoms with Crippen LogP contribution in [0.25, 0.3) is 0 Å². The van der Waals surface area contributed by atoms with Crippen molar-refractivity contribution in [2.75, 3.05) is 0 Å². The second-order valence-corrected chi connectivity index (χ2v) is 1.37. The molecule has 0 saturated heterocycles. The number of hydrogen-bond acceptors (Lipinski definition) is 0. The van der Waals surface area contributed by atoms with E-state index in [4.69, 9.17) is 0 Å². The van der Waals surface area contributed by atoms with Gasteiger partial charge in [0.05, 0.1) is 0 Å². The smallest absolute Gasteiger partial charge is 0.00297 e. The minimum Gasteiger partial charge on any atom is -0.120 e. The average Bonchev–Trinajstić information content (AvgIpc) is 1.71. The van der Waals surface area contributed by atoms with E-state index in [0.717, 1.165) is 6.42 Å². The fraction of sp³-hybridized carbons (Fsp3) is 0.500. The second-order valence-electron chi connectivity index (χ2n) is 1.37. The van der Waals surface area contributed by atoms with Crippen molar-refractivity contribution >= 4 is 0 Å². The van der Waals surface area contributed by atoms with Gasteiger partial charge >= 0.3 is 0 Å². The van der Waals surface area contributed by atoms with Crippen LogP contribution in [0.4, 0.5) is 0 Å². The maximum Gasteiger partial charge on any atom is -0.00297 e. The summed E-state index contributed by atoms with van der Waals surface area (Å²) in [7, 11) is 0. The van der Waals surface area contributed by atoms with Gasteiger partial charge in [0.25, 0.3) is 0 Å². The lowest BCUT2D eigenvalue weighted by Crippen LogP contribution is -1.52. The molecule has 0 aliphatic heterocycles. The molecule has 0 heteroatoms. The fourth-order valence-corrected chi connectivity index (χ4v) is 0.204. The van der Waals surface area contributed by atoms with E-state index in [1.54, 1.807) is 6.92 Å². The van der Waals surface area contributed by atoms with E-state index >= 15 is 0 Å². The van der Waals surface area contributed by atoms with Crippen LogP contribution in [0.1, 0.15) is 26.7 Å². The Bertz CT molecular complexity index is 64.6. The SMILES string of the molecule is C#CC.C=CCCC. The Morgan fingerprint density at radius 3 is 2.12 bits per heavy atom. The van der Waals surface area contributed by atoms with Crippen molar-refractivity contribution in [2.24, 2.45) is 0 Å². The highest BCUT2D eigenvalue weighted by atomic mass is 13.7. The molecule has 0 aliphatic carbocycles. The molecule has 46 valence electrons. The van der Waals surface area contributed by atoms with E-state index in [1.807, 2.05) is 6.08 Å². The molecule has 0 N–H and O–H groups in total. The van der Waals surface area contributed by atoms with Crippen molar-refractivity contribution < 1.29 is 0 Å². The minimum absolute atomic E-state index is 1.15. The first-order valence-electron chi connectivity index (χ1n) is 2.81. The van der Waals surface area contributed by atoms with Crippen LogP contribution in [0.3, 0.4) is 0 Å². The lowest BCUT2D eigenvalue weighted by molar-refractivity contribution is 0.961. The van der Waals surface area contributed by atoms with Gasteiger partial charge in [-0.1, -0.05) is 19.4 Å². The van der Waals surface area contributed by atoms with Gasteiger partial charge in [-0.25, -0.2) is 0 Å². The first kappa shape index (κ1) is 10.3. The van der Waals surface area contributed by atoms with Crippen LogP contribution in [0.5, 0.6) is 0 Å². The molecule has 0 aromatic heterocycles. The highest BCUT2D eigenvalue weighted by molar-refractivity contribution is 4.73. The van der Waals surface area contributed by atoms with Gasteiger partial charge in [-0.15, -0.1) is 18.9 Å². The summed E-state index contributed by atoms with van der Waals surface area (Å²) in [4.78, 5) is 0. The first-order valence-corrected chi connectivity index (χ1v) is 2.81. The Labute approximate surface area is 52.6 Å². The zero-order valence-electron chi connectivity index (χ0n) is 5.78. The molecule has 0 fully saturated rings. The molecule has 0 atom stereocenters. The molecule has 0 aromatic carbocycles. The van der Waals surface area contributed by atoms with E-state index in [0.29, 0.717) is 0 Å². The van der Waals surface area contributed by atoms with E-state index in [2.05, 4.69) is 25.8 Å². The maximum atomic E-state index is 4.60. The molecule has 0 radical (unpaired) electrons. The van der Waals surface area contributed by atoms with Crippen LogP contribution in [0, 0.1) is 12.3 Å². The fourth-order valence-electron chi connectivity index (χ4n) is 0.204. The lowest BCUT2D eigenvalue weighted by atomic mass is 10.3. The summed E-state index contributed by atoms with van der Waals surface area (Å²) in [5, 5.41) is 0. The summed E-state index contributed by atoms with van der Waals surface area (Å²) in [6.07, 6.45) is 8.91. The van der Waals surface area contributed by atoms with Crippen molar-refractivity contribution in [3.8, 4) is 12.3 Å². The van der Waals surface area contributed by atoms with Gasteiger partial charge in [0, 0.05) is 0 Å². The third kappa shape index (κ3) is 58.0. The Balaban J connectivity index is 0.